The van der Waals surface area contributed by atoms with Gasteiger partial charge in [-0.1, -0.05) is 53.5 Å². The molecule has 0 atom stereocenters. The summed E-state index contributed by atoms with van der Waals surface area (Å²) in [5, 5.41) is 13.6. The van der Waals surface area contributed by atoms with Gasteiger partial charge in [-0.3, -0.25) is 9.59 Å². The third kappa shape index (κ3) is 4.04. The number of aromatic nitrogens is 1. The van der Waals surface area contributed by atoms with Crippen LogP contribution in [0.2, 0.25) is 0 Å². The Morgan fingerprint density at radius 3 is 2.45 bits per heavy atom. The standard InChI is InChI=1S/C24H28N2O3/c1-23(2,3)16-11-17(24(4,5)6)20(27)12-19(16)26-22(29)15-13-25-18-10-8-7-9-14(18)21(15)28/h7-13,27H,1-6H3,(H,25,28)(H,26,29)/i4D3,5D3,6D3,11D,12D. The number of phenolic OH excluding ortho intramolecular Hbond substituents is 1. The van der Waals surface area contributed by atoms with E-state index in [1.54, 1.807) is 18.2 Å². The van der Waals surface area contributed by atoms with E-state index in [-0.39, 0.29) is 16.5 Å². The van der Waals surface area contributed by atoms with E-state index in [0.717, 1.165) is 6.20 Å². The average Bonchev–Trinajstić information content (AvgIpc) is 2.76. The lowest BCUT2D eigenvalue weighted by Gasteiger charge is -2.28. The molecule has 0 aliphatic heterocycles. The quantitative estimate of drug-likeness (QED) is 0.558. The molecule has 0 spiro atoms. The van der Waals surface area contributed by atoms with E-state index in [2.05, 4.69) is 10.3 Å². The predicted molar refractivity (Wildman–Crippen MR) is 118 cm³/mol. The molecular weight excluding hydrogens is 364 g/mol. The van der Waals surface area contributed by atoms with Crippen LogP contribution < -0.4 is 10.7 Å². The molecule has 0 fully saturated rings. The Balaban J connectivity index is 2.42. The lowest BCUT2D eigenvalue weighted by Crippen LogP contribution is -2.25. The van der Waals surface area contributed by atoms with Crippen LogP contribution in [0.3, 0.4) is 0 Å². The highest BCUT2D eigenvalue weighted by Gasteiger charge is 2.26. The Kier molecular flexibility index (Phi) is 2.59. The fraction of sp³-hybridized carbons (Fsp3) is 0.333. The summed E-state index contributed by atoms with van der Waals surface area (Å²) in [6.45, 7) is -6.91. The van der Waals surface area contributed by atoms with Crippen molar-refractivity contribution in [1.29, 1.82) is 0 Å². The molecular formula is C24H28N2O3. The molecule has 0 aliphatic carbocycles. The van der Waals surface area contributed by atoms with Crippen molar-refractivity contribution in [2.45, 2.75) is 52.2 Å². The van der Waals surface area contributed by atoms with Crippen LogP contribution in [0.4, 0.5) is 5.69 Å². The Bertz CT molecular complexity index is 1510. The number of phenols is 1. The molecule has 3 aromatic rings. The molecule has 3 rings (SSSR count). The molecule has 0 saturated heterocycles. The Morgan fingerprint density at radius 1 is 1.10 bits per heavy atom. The smallest absolute Gasteiger partial charge is 0.261 e. The van der Waals surface area contributed by atoms with Crippen LogP contribution in [0.15, 0.2) is 47.3 Å². The normalized spacial score (nSPS) is 19.1. The molecule has 29 heavy (non-hydrogen) atoms. The van der Waals surface area contributed by atoms with Gasteiger partial charge in [-0.15, -0.1) is 0 Å². The van der Waals surface area contributed by atoms with Gasteiger partial charge in [0, 0.05) is 41.2 Å². The summed E-state index contributed by atoms with van der Waals surface area (Å²) in [5.74, 6) is -2.43. The molecule has 0 unspecified atom stereocenters. The Labute approximate surface area is 186 Å². The highest BCUT2D eigenvalue weighted by atomic mass is 16.3. The van der Waals surface area contributed by atoms with E-state index in [1.807, 2.05) is 0 Å². The van der Waals surface area contributed by atoms with Gasteiger partial charge < -0.3 is 15.4 Å². The zero-order valence-corrected chi connectivity index (χ0v) is 16.2. The second-order valence-electron chi connectivity index (χ2n) is 7.75. The first-order valence-electron chi connectivity index (χ1n) is 14.3. The predicted octanol–water partition coefficient (Wildman–Crippen LogP) is 5.08. The number of carbonyl (C=O) groups excluding carboxylic acids is 1. The molecule has 2 aromatic carbocycles. The van der Waals surface area contributed by atoms with E-state index in [0.29, 0.717) is 5.52 Å². The molecule has 0 radical (unpaired) electrons. The number of pyridine rings is 1. The number of carbonyl (C=O) groups is 1. The van der Waals surface area contributed by atoms with Crippen molar-refractivity contribution in [3.63, 3.8) is 0 Å². The molecule has 152 valence electrons. The number of anilines is 1. The molecule has 1 amide bonds. The van der Waals surface area contributed by atoms with Crippen molar-refractivity contribution < 1.29 is 25.0 Å². The maximum atomic E-state index is 13.3. The summed E-state index contributed by atoms with van der Waals surface area (Å²) in [5.41, 5.74) is -7.66. The van der Waals surface area contributed by atoms with Crippen molar-refractivity contribution in [1.82, 2.24) is 4.98 Å². The fourth-order valence-corrected chi connectivity index (χ4v) is 2.93. The molecule has 5 heteroatoms. The average molecular weight is 404 g/mol. The van der Waals surface area contributed by atoms with E-state index in [9.17, 15) is 14.7 Å². The molecule has 1 heterocycles. The number of amides is 1. The Hall–Kier alpha value is -3.08. The van der Waals surface area contributed by atoms with Gasteiger partial charge >= 0.3 is 0 Å². The second kappa shape index (κ2) is 7.07. The van der Waals surface area contributed by atoms with Crippen LogP contribution in [-0.4, -0.2) is 16.0 Å². The van der Waals surface area contributed by atoms with Gasteiger partial charge in [0.1, 0.15) is 11.3 Å². The first kappa shape index (κ1) is 10.6. The number of benzene rings is 2. The number of H-pyrrole nitrogens is 1. The van der Waals surface area contributed by atoms with Gasteiger partial charge in [-0.2, -0.15) is 0 Å². The first-order valence-corrected chi connectivity index (χ1v) is 8.79. The summed E-state index contributed by atoms with van der Waals surface area (Å²) in [7, 11) is 0. The number of para-hydroxylation sites is 1. The van der Waals surface area contributed by atoms with E-state index in [4.69, 9.17) is 15.1 Å². The van der Waals surface area contributed by atoms with E-state index >= 15 is 0 Å². The number of fused-ring (bicyclic) bond motifs is 1. The number of nitrogens with one attached hydrogen (secondary N) is 2. The van der Waals surface area contributed by atoms with Gasteiger partial charge in [-0.25, -0.2) is 0 Å². The maximum absolute atomic E-state index is 13.3. The third-order valence-electron chi connectivity index (χ3n) is 4.38. The summed E-state index contributed by atoms with van der Waals surface area (Å²) < 4.78 is 89.4. The first-order chi connectivity index (χ1) is 18.0. The Morgan fingerprint density at radius 2 is 1.79 bits per heavy atom. The van der Waals surface area contributed by atoms with Crippen LogP contribution in [0.5, 0.6) is 5.75 Å². The molecule has 0 bridgehead atoms. The summed E-state index contributed by atoms with van der Waals surface area (Å²) in [4.78, 5) is 29.0. The van der Waals surface area contributed by atoms with Crippen molar-refractivity contribution >= 4 is 22.5 Å². The van der Waals surface area contributed by atoms with Gasteiger partial charge in [-0.05, 0) is 40.1 Å². The van der Waals surface area contributed by atoms with Crippen LogP contribution in [0.25, 0.3) is 10.9 Å². The zero-order chi connectivity index (χ0) is 30.8. The third-order valence-corrected chi connectivity index (χ3v) is 4.38. The number of hydrogen-bond donors (Lipinski definition) is 3. The monoisotopic (exact) mass is 403 g/mol. The lowest BCUT2D eigenvalue weighted by atomic mass is 9.79. The van der Waals surface area contributed by atoms with Crippen LogP contribution in [0, 0.1) is 0 Å². The minimum atomic E-state index is -3.80. The number of aromatic amines is 1. The highest BCUT2D eigenvalue weighted by Crippen LogP contribution is 2.39. The minimum Gasteiger partial charge on any atom is -0.508 e. The zero-order valence-electron chi connectivity index (χ0n) is 27.2. The van der Waals surface area contributed by atoms with Crippen molar-refractivity contribution in [2.75, 3.05) is 5.32 Å². The summed E-state index contributed by atoms with van der Waals surface area (Å²) in [6, 6.07) is 4.39. The topological polar surface area (TPSA) is 82.2 Å². The summed E-state index contributed by atoms with van der Waals surface area (Å²) in [6.07, 6.45) is 1.14. The lowest BCUT2D eigenvalue weighted by molar-refractivity contribution is 0.102. The van der Waals surface area contributed by atoms with Gasteiger partial charge in [0.25, 0.3) is 5.91 Å². The molecule has 0 saturated carbocycles. The van der Waals surface area contributed by atoms with Crippen molar-refractivity contribution in [3.8, 4) is 5.75 Å². The largest absolute Gasteiger partial charge is 0.508 e. The van der Waals surface area contributed by atoms with Crippen LogP contribution in [-0.2, 0) is 10.8 Å². The van der Waals surface area contributed by atoms with Crippen molar-refractivity contribution in [2.24, 2.45) is 0 Å². The van der Waals surface area contributed by atoms with Crippen molar-refractivity contribution in [3.05, 3.63) is 69.5 Å². The number of rotatable bonds is 2. The van der Waals surface area contributed by atoms with E-state index < -0.39 is 71.8 Å². The minimum absolute atomic E-state index is 0.189. The van der Waals surface area contributed by atoms with E-state index in [1.165, 1.54) is 26.8 Å². The highest BCUT2D eigenvalue weighted by molar-refractivity contribution is 6.06. The van der Waals surface area contributed by atoms with Crippen LogP contribution in [0.1, 0.15) is 77.9 Å². The number of aromatic hydroxyl groups is 1. The van der Waals surface area contributed by atoms with Crippen LogP contribution >= 0.6 is 0 Å². The molecule has 0 aliphatic rings. The summed E-state index contributed by atoms with van der Waals surface area (Å²) >= 11 is 0. The van der Waals surface area contributed by atoms with Gasteiger partial charge in [0.15, 0.2) is 0 Å². The fourth-order valence-electron chi connectivity index (χ4n) is 2.93. The number of hydrogen-bond acceptors (Lipinski definition) is 3. The second-order valence-corrected chi connectivity index (χ2v) is 7.75. The van der Waals surface area contributed by atoms with Gasteiger partial charge in [0.2, 0.25) is 5.43 Å². The molecule has 3 N–H and O–H groups in total. The maximum Gasteiger partial charge on any atom is 0.261 e. The molecule has 1 aromatic heterocycles. The molecule has 5 nitrogen and oxygen atoms in total. The SMILES string of the molecule is [2H]c1c(O)c(C(C([2H])([2H])[2H])(C([2H])([2H])[2H])C([2H])([2H])[2H])c([2H])c(C(C)(C)C)c1NC(=O)c1c[nH]c2ccccc2c1=O. The van der Waals surface area contributed by atoms with Gasteiger partial charge in [0.05, 0.1) is 2.74 Å².